The predicted octanol–water partition coefficient (Wildman–Crippen LogP) is 2.43. The maximum atomic E-state index is 5.56. The van der Waals surface area contributed by atoms with Crippen molar-refractivity contribution in [2.24, 2.45) is 0 Å². The van der Waals surface area contributed by atoms with Crippen LogP contribution in [0.5, 0.6) is 0 Å². The van der Waals surface area contributed by atoms with Gasteiger partial charge in [-0.1, -0.05) is 0 Å². The van der Waals surface area contributed by atoms with Gasteiger partial charge in [-0.25, -0.2) is 0 Å². The molecule has 0 spiro atoms. The number of thioether (sulfide) groups is 1. The minimum atomic E-state index is 0.511. The smallest absolute Gasteiger partial charge is 0.0604 e. The molecule has 88 valence electrons. The van der Waals surface area contributed by atoms with Gasteiger partial charge in [-0.2, -0.15) is 11.8 Å². The van der Waals surface area contributed by atoms with Gasteiger partial charge < -0.3 is 10.1 Å². The molecular formula is C12H23NOS. The first kappa shape index (κ1) is 11.7. The molecule has 2 aliphatic rings. The largest absolute Gasteiger partial charge is 0.378 e. The molecule has 2 nitrogen and oxygen atoms in total. The molecule has 0 aromatic rings. The summed E-state index contributed by atoms with van der Waals surface area (Å²) >= 11 is 2.14. The Morgan fingerprint density at radius 2 is 2.27 bits per heavy atom. The van der Waals surface area contributed by atoms with Crippen molar-refractivity contribution in [3.05, 3.63) is 0 Å². The molecule has 1 aliphatic carbocycles. The summed E-state index contributed by atoms with van der Waals surface area (Å²) in [5.41, 5.74) is 0. The van der Waals surface area contributed by atoms with Gasteiger partial charge >= 0.3 is 0 Å². The van der Waals surface area contributed by atoms with Gasteiger partial charge in [-0.15, -0.1) is 0 Å². The zero-order valence-electron chi connectivity index (χ0n) is 9.92. The Balaban J connectivity index is 1.59. The molecule has 2 rings (SSSR count). The van der Waals surface area contributed by atoms with Gasteiger partial charge in [-0.3, -0.25) is 0 Å². The normalized spacial score (nSPS) is 40.4. The standard InChI is InChI=1S/C12H23NOS/c1-3-14-11-7-10(8-11)13-9-12(2)5-4-6-15-12/h10-11,13H,3-9H2,1-2H3. The van der Waals surface area contributed by atoms with E-state index in [9.17, 15) is 0 Å². The number of nitrogens with one attached hydrogen (secondary N) is 1. The maximum absolute atomic E-state index is 5.56. The molecule has 0 aromatic carbocycles. The minimum absolute atomic E-state index is 0.511. The van der Waals surface area contributed by atoms with Crippen molar-refractivity contribution in [1.29, 1.82) is 0 Å². The van der Waals surface area contributed by atoms with E-state index in [0.717, 1.165) is 12.6 Å². The van der Waals surface area contributed by atoms with Crippen LogP contribution in [0.25, 0.3) is 0 Å². The van der Waals surface area contributed by atoms with E-state index in [-0.39, 0.29) is 0 Å². The fourth-order valence-corrected chi connectivity index (χ4v) is 3.70. The van der Waals surface area contributed by atoms with Crippen molar-refractivity contribution in [3.8, 4) is 0 Å². The zero-order chi connectivity index (χ0) is 10.7. The molecule has 2 fully saturated rings. The lowest BCUT2D eigenvalue weighted by atomic mass is 9.88. The summed E-state index contributed by atoms with van der Waals surface area (Å²) in [4.78, 5) is 0. The van der Waals surface area contributed by atoms with Gasteiger partial charge in [-0.05, 0) is 45.3 Å². The molecule has 1 unspecified atom stereocenters. The monoisotopic (exact) mass is 229 g/mol. The van der Waals surface area contributed by atoms with Crippen LogP contribution >= 0.6 is 11.8 Å². The Hall–Kier alpha value is 0.270. The first-order valence-corrected chi connectivity index (χ1v) is 7.19. The maximum Gasteiger partial charge on any atom is 0.0604 e. The third-order valence-electron chi connectivity index (χ3n) is 3.56. The molecule has 1 atom stereocenters. The van der Waals surface area contributed by atoms with Crippen LogP contribution < -0.4 is 5.32 Å². The van der Waals surface area contributed by atoms with Crippen LogP contribution in [-0.4, -0.2) is 35.8 Å². The first-order chi connectivity index (χ1) is 7.22. The average molecular weight is 229 g/mol. The minimum Gasteiger partial charge on any atom is -0.378 e. The lowest BCUT2D eigenvalue weighted by Gasteiger charge is -2.37. The van der Waals surface area contributed by atoms with Crippen molar-refractivity contribution in [2.45, 2.75) is 56.4 Å². The van der Waals surface area contributed by atoms with Gasteiger partial charge in [0.1, 0.15) is 0 Å². The molecule has 0 radical (unpaired) electrons. The molecule has 15 heavy (non-hydrogen) atoms. The van der Waals surface area contributed by atoms with Crippen LogP contribution in [0, 0.1) is 0 Å². The van der Waals surface area contributed by atoms with E-state index in [1.807, 2.05) is 0 Å². The SMILES string of the molecule is CCOC1CC(NCC2(C)CCCS2)C1. The highest BCUT2D eigenvalue weighted by molar-refractivity contribution is 8.00. The Labute approximate surface area is 97.5 Å². The molecule has 0 amide bonds. The molecule has 0 bridgehead atoms. The number of ether oxygens (including phenoxy) is 1. The van der Waals surface area contributed by atoms with Crippen LogP contribution in [0.4, 0.5) is 0 Å². The summed E-state index contributed by atoms with van der Waals surface area (Å²) in [6.45, 7) is 6.53. The molecule has 1 aliphatic heterocycles. The number of hydrogen-bond acceptors (Lipinski definition) is 3. The van der Waals surface area contributed by atoms with E-state index in [1.54, 1.807) is 0 Å². The molecule has 0 aromatic heterocycles. The van der Waals surface area contributed by atoms with Crippen molar-refractivity contribution in [3.63, 3.8) is 0 Å². The Morgan fingerprint density at radius 1 is 1.47 bits per heavy atom. The fourth-order valence-electron chi connectivity index (χ4n) is 2.44. The third kappa shape index (κ3) is 3.11. The van der Waals surface area contributed by atoms with E-state index in [2.05, 4.69) is 30.9 Å². The van der Waals surface area contributed by atoms with E-state index < -0.39 is 0 Å². The van der Waals surface area contributed by atoms with Gasteiger partial charge in [0.25, 0.3) is 0 Å². The summed E-state index contributed by atoms with van der Waals surface area (Å²) in [6.07, 6.45) is 5.75. The van der Waals surface area contributed by atoms with Crippen LogP contribution in [-0.2, 0) is 4.74 Å². The fraction of sp³-hybridized carbons (Fsp3) is 1.00. The van der Waals surface area contributed by atoms with E-state index in [1.165, 1.54) is 38.0 Å². The van der Waals surface area contributed by atoms with Gasteiger partial charge in [0.05, 0.1) is 6.10 Å². The molecule has 1 heterocycles. The summed E-state index contributed by atoms with van der Waals surface area (Å²) in [7, 11) is 0. The lowest BCUT2D eigenvalue weighted by Crippen LogP contribution is -2.49. The molecule has 1 saturated carbocycles. The average Bonchev–Trinajstić information content (AvgIpc) is 2.57. The number of hydrogen-bond donors (Lipinski definition) is 1. The number of rotatable bonds is 5. The molecule has 1 N–H and O–H groups in total. The first-order valence-electron chi connectivity index (χ1n) is 6.21. The van der Waals surface area contributed by atoms with Crippen LogP contribution in [0.1, 0.15) is 39.5 Å². The van der Waals surface area contributed by atoms with Crippen molar-refractivity contribution in [1.82, 2.24) is 5.32 Å². The summed E-state index contributed by atoms with van der Waals surface area (Å²) in [6, 6.07) is 0.722. The Kier molecular flexibility index (Phi) is 3.97. The summed E-state index contributed by atoms with van der Waals surface area (Å²) < 4.78 is 6.07. The van der Waals surface area contributed by atoms with Gasteiger partial charge in [0.15, 0.2) is 0 Å². The second kappa shape index (κ2) is 5.07. The highest BCUT2D eigenvalue weighted by atomic mass is 32.2. The predicted molar refractivity (Wildman–Crippen MR) is 66.5 cm³/mol. The van der Waals surface area contributed by atoms with E-state index in [0.29, 0.717) is 10.9 Å². The van der Waals surface area contributed by atoms with Crippen LogP contribution in [0.15, 0.2) is 0 Å². The van der Waals surface area contributed by atoms with Gasteiger partial charge in [0.2, 0.25) is 0 Å². The van der Waals surface area contributed by atoms with Crippen molar-refractivity contribution < 1.29 is 4.74 Å². The molecule has 1 saturated heterocycles. The zero-order valence-corrected chi connectivity index (χ0v) is 10.7. The summed E-state index contributed by atoms with van der Waals surface area (Å²) in [5.74, 6) is 1.35. The second-order valence-electron chi connectivity index (χ2n) is 5.03. The van der Waals surface area contributed by atoms with Crippen LogP contribution in [0.2, 0.25) is 0 Å². The van der Waals surface area contributed by atoms with E-state index >= 15 is 0 Å². The highest BCUT2D eigenvalue weighted by Crippen LogP contribution is 2.37. The van der Waals surface area contributed by atoms with Gasteiger partial charge in [0, 0.05) is 23.9 Å². The molecular weight excluding hydrogens is 206 g/mol. The third-order valence-corrected chi connectivity index (χ3v) is 5.10. The Morgan fingerprint density at radius 3 is 2.87 bits per heavy atom. The Bertz CT molecular complexity index is 198. The topological polar surface area (TPSA) is 21.3 Å². The molecule has 3 heteroatoms. The highest BCUT2D eigenvalue weighted by Gasteiger charge is 2.33. The van der Waals surface area contributed by atoms with Crippen molar-refractivity contribution >= 4 is 11.8 Å². The van der Waals surface area contributed by atoms with Crippen LogP contribution in [0.3, 0.4) is 0 Å². The van der Waals surface area contributed by atoms with Crippen molar-refractivity contribution in [2.75, 3.05) is 18.9 Å². The summed E-state index contributed by atoms with van der Waals surface area (Å²) in [5, 5.41) is 3.69. The second-order valence-corrected chi connectivity index (χ2v) is 6.71. The van der Waals surface area contributed by atoms with E-state index in [4.69, 9.17) is 4.74 Å². The lowest BCUT2D eigenvalue weighted by molar-refractivity contribution is -0.0101. The quantitative estimate of drug-likeness (QED) is 0.782.